The molecule has 2 aromatic rings. The van der Waals surface area contributed by atoms with E-state index in [0.717, 1.165) is 19.4 Å². The zero-order valence-electron chi connectivity index (χ0n) is 12.4. The van der Waals surface area contributed by atoms with E-state index in [-0.39, 0.29) is 5.54 Å². The Morgan fingerprint density at radius 3 is 2.30 bits per heavy atom. The molecule has 0 aliphatic carbocycles. The van der Waals surface area contributed by atoms with Gasteiger partial charge in [-0.2, -0.15) is 0 Å². The predicted molar refractivity (Wildman–Crippen MR) is 87.1 cm³/mol. The third-order valence-electron chi connectivity index (χ3n) is 3.34. The molecule has 0 aromatic heterocycles. The van der Waals surface area contributed by atoms with Gasteiger partial charge < -0.3 is 11.1 Å². The Balaban J connectivity index is 2.03. The molecule has 0 bridgehead atoms. The van der Waals surface area contributed by atoms with Crippen LogP contribution >= 0.6 is 0 Å². The summed E-state index contributed by atoms with van der Waals surface area (Å²) >= 11 is 0. The van der Waals surface area contributed by atoms with Crippen molar-refractivity contribution >= 4 is 5.69 Å². The molecule has 0 aliphatic rings. The Kier molecular flexibility index (Phi) is 4.80. The third-order valence-corrected chi connectivity index (χ3v) is 3.34. The minimum absolute atomic E-state index is 0.124. The van der Waals surface area contributed by atoms with Gasteiger partial charge in [0.1, 0.15) is 0 Å². The van der Waals surface area contributed by atoms with Gasteiger partial charge in [-0.1, -0.05) is 48.5 Å². The highest BCUT2D eigenvalue weighted by atomic mass is 14.9. The van der Waals surface area contributed by atoms with Crippen LogP contribution in [-0.4, -0.2) is 12.1 Å². The Labute approximate surface area is 122 Å². The summed E-state index contributed by atoms with van der Waals surface area (Å²) in [5, 5.41) is 3.51. The highest BCUT2D eigenvalue weighted by Gasteiger charge is 2.10. The van der Waals surface area contributed by atoms with E-state index in [1.54, 1.807) is 0 Å². The molecule has 0 unspecified atom stereocenters. The fourth-order valence-electron chi connectivity index (χ4n) is 2.18. The first-order chi connectivity index (χ1) is 9.54. The van der Waals surface area contributed by atoms with E-state index in [0.29, 0.717) is 0 Å². The van der Waals surface area contributed by atoms with Crippen molar-refractivity contribution in [3.05, 3.63) is 65.7 Å². The van der Waals surface area contributed by atoms with Gasteiger partial charge in [-0.15, -0.1) is 0 Å². The molecule has 0 heterocycles. The molecule has 0 fully saturated rings. The van der Waals surface area contributed by atoms with E-state index in [1.165, 1.54) is 16.8 Å². The first kappa shape index (κ1) is 14.6. The van der Waals surface area contributed by atoms with E-state index in [1.807, 2.05) is 0 Å². The van der Waals surface area contributed by atoms with Crippen LogP contribution in [-0.2, 0) is 6.42 Å². The maximum Gasteiger partial charge on any atom is 0.0376 e. The van der Waals surface area contributed by atoms with E-state index >= 15 is 0 Å². The van der Waals surface area contributed by atoms with Gasteiger partial charge in [-0.05, 0) is 43.9 Å². The Bertz CT molecular complexity index is 527. The summed E-state index contributed by atoms with van der Waals surface area (Å²) in [5.74, 6) is 0. The van der Waals surface area contributed by atoms with Crippen molar-refractivity contribution in [3.8, 4) is 0 Å². The van der Waals surface area contributed by atoms with Crippen LogP contribution in [0.5, 0.6) is 0 Å². The molecule has 2 rings (SSSR count). The molecule has 0 spiro atoms. The lowest BCUT2D eigenvalue weighted by Gasteiger charge is -2.19. The van der Waals surface area contributed by atoms with Crippen molar-refractivity contribution in [3.63, 3.8) is 0 Å². The number of nitrogens with one attached hydrogen (secondary N) is 1. The summed E-state index contributed by atoms with van der Waals surface area (Å²) < 4.78 is 0. The molecule has 3 N–H and O–H groups in total. The Hall–Kier alpha value is -1.80. The molecule has 2 heteroatoms. The maximum atomic E-state index is 6.02. The van der Waals surface area contributed by atoms with E-state index in [9.17, 15) is 0 Å². The van der Waals surface area contributed by atoms with Crippen LogP contribution in [0, 0.1) is 0 Å². The molecule has 0 saturated heterocycles. The summed E-state index contributed by atoms with van der Waals surface area (Å²) in [7, 11) is 0. The van der Waals surface area contributed by atoms with Crippen LogP contribution in [0.1, 0.15) is 31.4 Å². The van der Waals surface area contributed by atoms with Crippen molar-refractivity contribution in [2.75, 3.05) is 11.9 Å². The lowest BCUT2D eigenvalue weighted by atomic mass is 10.0. The summed E-state index contributed by atoms with van der Waals surface area (Å²) in [6.07, 6.45) is 1.91. The van der Waals surface area contributed by atoms with Gasteiger partial charge in [0.15, 0.2) is 0 Å². The molecule has 20 heavy (non-hydrogen) atoms. The summed E-state index contributed by atoms with van der Waals surface area (Å²) in [6, 6.07) is 19.0. The van der Waals surface area contributed by atoms with Crippen LogP contribution in [0.25, 0.3) is 0 Å². The number of hydrogen-bond acceptors (Lipinski definition) is 2. The zero-order valence-corrected chi connectivity index (χ0v) is 12.4. The van der Waals surface area contributed by atoms with Crippen molar-refractivity contribution in [2.24, 2.45) is 5.73 Å². The first-order valence-corrected chi connectivity index (χ1v) is 7.19. The van der Waals surface area contributed by atoms with Gasteiger partial charge in [-0.25, -0.2) is 0 Å². The predicted octanol–water partition coefficient (Wildman–Crippen LogP) is 3.82. The fraction of sp³-hybridized carbons (Fsp3) is 0.333. The van der Waals surface area contributed by atoms with Gasteiger partial charge in [0.05, 0.1) is 0 Å². The SMILES string of the molecule is CC(C)(N)CCNc1ccccc1Cc1ccccc1. The van der Waals surface area contributed by atoms with E-state index in [2.05, 4.69) is 73.8 Å². The molecule has 0 amide bonds. The molecule has 0 atom stereocenters. The smallest absolute Gasteiger partial charge is 0.0376 e. The summed E-state index contributed by atoms with van der Waals surface area (Å²) in [6.45, 7) is 5.02. The van der Waals surface area contributed by atoms with Crippen LogP contribution in [0.15, 0.2) is 54.6 Å². The second-order valence-corrected chi connectivity index (χ2v) is 5.98. The van der Waals surface area contributed by atoms with Gasteiger partial charge >= 0.3 is 0 Å². The highest BCUT2D eigenvalue weighted by molar-refractivity contribution is 5.52. The molecule has 2 aromatic carbocycles. The monoisotopic (exact) mass is 268 g/mol. The average molecular weight is 268 g/mol. The van der Waals surface area contributed by atoms with Gasteiger partial charge in [0, 0.05) is 17.8 Å². The van der Waals surface area contributed by atoms with Crippen LogP contribution in [0.3, 0.4) is 0 Å². The lowest BCUT2D eigenvalue weighted by molar-refractivity contribution is 0.490. The van der Waals surface area contributed by atoms with Gasteiger partial charge in [0.25, 0.3) is 0 Å². The van der Waals surface area contributed by atoms with E-state index < -0.39 is 0 Å². The molecule has 2 nitrogen and oxygen atoms in total. The molecule has 106 valence electrons. The first-order valence-electron chi connectivity index (χ1n) is 7.19. The number of para-hydroxylation sites is 1. The fourth-order valence-corrected chi connectivity index (χ4v) is 2.18. The summed E-state index contributed by atoms with van der Waals surface area (Å²) in [4.78, 5) is 0. The molecule has 0 saturated carbocycles. The van der Waals surface area contributed by atoms with Crippen molar-refractivity contribution in [1.29, 1.82) is 0 Å². The Morgan fingerprint density at radius 1 is 0.950 bits per heavy atom. The number of anilines is 1. The largest absolute Gasteiger partial charge is 0.385 e. The highest BCUT2D eigenvalue weighted by Crippen LogP contribution is 2.19. The average Bonchev–Trinajstić information content (AvgIpc) is 2.40. The lowest BCUT2D eigenvalue weighted by Crippen LogP contribution is -2.34. The normalized spacial score (nSPS) is 11.3. The number of benzene rings is 2. The van der Waals surface area contributed by atoms with Gasteiger partial charge in [-0.3, -0.25) is 0 Å². The minimum Gasteiger partial charge on any atom is -0.385 e. The number of rotatable bonds is 6. The molecular weight excluding hydrogens is 244 g/mol. The van der Waals surface area contributed by atoms with Crippen LogP contribution < -0.4 is 11.1 Å². The van der Waals surface area contributed by atoms with E-state index in [4.69, 9.17) is 5.73 Å². The third kappa shape index (κ3) is 4.71. The van der Waals surface area contributed by atoms with Crippen molar-refractivity contribution < 1.29 is 0 Å². The maximum absolute atomic E-state index is 6.02. The van der Waals surface area contributed by atoms with Crippen LogP contribution in [0.4, 0.5) is 5.69 Å². The van der Waals surface area contributed by atoms with Crippen molar-refractivity contribution in [2.45, 2.75) is 32.2 Å². The number of nitrogens with two attached hydrogens (primary N) is 1. The topological polar surface area (TPSA) is 38.0 Å². The standard InChI is InChI=1S/C18H24N2/c1-18(2,19)12-13-20-17-11-7-6-10-16(17)14-15-8-4-3-5-9-15/h3-11,20H,12-14,19H2,1-2H3. The molecule has 0 radical (unpaired) electrons. The Morgan fingerprint density at radius 2 is 1.60 bits per heavy atom. The minimum atomic E-state index is -0.124. The second-order valence-electron chi connectivity index (χ2n) is 5.98. The van der Waals surface area contributed by atoms with Crippen LogP contribution in [0.2, 0.25) is 0 Å². The summed E-state index contributed by atoms with van der Waals surface area (Å²) in [5.41, 5.74) is 9.77. The number of hydrogen-bond donors (Lipinski definition) is 2. The molecular formula is C18H24N2. The second kappa shape index (κ2) is 6.58. The van der Waals surface area contributed by atoms with Crippen molar-refractivity contribution in [1.82, 2.24) is 0 Å². The molecule has 0 aliphatic heterocycles. The van der Waals surface area contributed by atoms with Gasteiger partial charge in [0.2, 0.25) is 0 Å². The zero-order chi connectivity index (χ0) is 14.4. The quantitative estimate of drug-likeness (QED) is 0.836.